The summed E-state index contributed by atoms with van der Waals surface area (Å²) in [5.74, 6) is 0.0761. The number of hydrogen-bond acceptors (Lipinski definition) is 3. The number of para-hydroxylation sites is 1. The molecule has 2 aliphatic rings. The molecule has 0 saturated carbocycles. The van der Waals surface area contributed by atoms with Gasteiger partial charge in [-0.15, -0.1) is 0 Å². The molecule has 1 unspecified atom stereocenters. The van der Waals surface area contributed by atoms with Crippen molar-refractivity contribution >= 4 is 11.6 Å². The number of rotatable bonds is 4. The number of piperazine rings is 1. The number of carbonyl (C=O) groups excluding carboxylic acids is 1. The summed E-state index contributed by atoms with van der Waals surface area (Å²) in [6, 6.07) is 9.44. The smallest absolute Gasteiger partial charge is 0.227 e. The first kappa shape index (κ1) is 19.0. The molecule has 1 atom stereocenters. The number of piperidine rings is 1. The first-order chi connectivity index (χ1) is 13.6. The number of nitrogens with zero attached hydrogens (tertiary/aromatic N) is 4. The van der Waals surface area contributed by atoms with Crippen molar-refractivity contribution in [3.8, 4) is 0 Å². The van der Waals surface area contributed by atoms with E-state index in [2.05, 4.69) is 9.80 Å². The highest BCUT2D eigenvalue weighted by Crippen LogP contribution is 2.23. The summed E-state index contributed by atoms with van der Waals surface area (Å²) in [6.45, 7) is 5.16. The molecule has 1 amide bonds. The zero-order chi connectivity index (χ0) is 19.5. The van der Waals surface area contributed by atoms with Crippen molar-refractivity contribution < 1.29 is 9.18 Å². The summed E-state index contributed by atoms with van der Waals surface area (Å²) in [5, 5.41) is 0. The van der Waals surface area contributed by atoms with Gasteiger partial charge in [-0.05, 0) is 36.6 Å². The van der Waals surface area contributed by atoms with E-state index in [1.54, 1.807) is 6.07 Å². The number of aromatic nitrogens is 1. The molecule has 0 spiro atoms. The van der Waals surface area contributed by atoms with Crippen molar-refractivity contribution in [1.82, 2.24) is 14.4 Å². The van der Waals surface area contributed by atoms with E-state index in [1.165, 1.54) is 6.07 Å². The Kier molecular flexibility index (Phi) is 5.67. The summed E-state index contributed by atoms with van der Waals surface area (Å²) in [4.78, 5) is 19.4. The Morgan fingerprint density at radius 1 is 1.11 bits per heavy atom. The third kappa shape index (κ3) is 4.22. The minimum absolute atomic E-state index is 0.147. The molecule has 2 aromatic rings. The highest BCUT2D eigenvalue weighted by atomic mass is 19.1. The van der Waals surface area contributed by atoms with Crippen LogP contribution in [0.1, 0.15) is 18.4 Å². The van der Waals surface area contributed by atoms with Crippen LogP contribution in [0.25, 0.3) is 0 Å². The van der Waals surface area contributed by atoms with Gasteiger partial charge in [0.15, 0.2) is 0 Å². The standard InChI is InChI=1S/C22H29FN4O/c1-24-10-8-18(16-24)15-22(28)27-9-4-5-19(17-27)25-11-13-26(14-12-25)21-7-3-2-6-20(21)23/h2-3,6-8,10,16,19H,4-5,9,11-15,17H2,1H3. The van der Waals surface area contributed by atoms with Crippen LogP contribution in [0.3, 0.4) is 0 Å². The number of anilines is 1. The largest absolute Gasteiger partial charge is 0.367 e. The second-order valence-corrected chi connectivity index (χ2v) is 7.97. The predicted octanol–water partition coefficient (Wildman–Crippen LogP) is 2.52. The lowest BCUT2D eigenvalue weighted by Gasteiger charge is -2.44. The fourth-order valence-electron chi connectivity index (χ4n) is 4.47. The number of hydrogen-bond donors (Lipinski definition) is 0. The van der Waals surface area contributed by atoms with Gasteiger partial charge < -0.3 is 14.4 Å². The molecule has 0 radical (unpaired) electrons. The van der Waals surface area contributed by atoms with Crippen molar-refractivity contribution in [1.29, 1.82) is 0 Å². The number of benzene rings is 1. The molecule has 150 valence electrons. The average Bonchev–Trinajstić information content (AvgIpc) is 3.13. The summed E-state index contributed by atoms with van der Waals surface area (Å²) < 4.78 is 16.0. The van der Waals surface area contributed by atoms with Crippen molar-refractivity contribution in [2.75, 3.05) is 44.2 Å². The highest BCUT2D eigenvalue weighted by molar-refractivity contribution is 5.78. The summed E-state index contributed by atoms with van der Waals surface area (Å²) >= 11 is 0. The Bertz CT molecular complexity index is 812. The molecule has 0 N–H and O–H groups in total. The first-order valence-electron chi connectivity index (χ1n) is 10.2. The molecule has 3 heterocycles. The molecule has 1 aromatic carbocycles. The van der Waals surface area contributed by atoms with E-state index < -0.39 is 0 Å². The monoisotopic (exact) mass is 384 g/mol. The van der Waals surface area contributed by atoms with Crippen molar-refractivity contribution in [2.45, 2.75) is 25.3 Å². The minimum Gasteiger partial charge on any atom is -0.367 e. The van der Waals surface area contributed by atoms with Gasteiger partial charge in [0.05, 0.1) is 12.1 Å². The SMILES string of the molecule is Cn1ccc(CC(=O)N2CCCC(N3CCN(c4ccccc4F)CC3)C2)c1. The van der Waals surface area contributed by atoms with Crippen LogP contribution < -0.4 is 4.90 Å². The number of halogens is 1. The molecule has 0 bridgehead atoms. The van der Waals surface area contributed by atoms with Crippen LogP contribution in [0, 0.1) is 5.82 Å². The summed E-state index contributed by atoms with van der Waals surface area (Å²) in [5.41, 5.74) is 1.78. The third-order valence-corrected chi connectivity index (χ3v) is 6.02. The Balaban J connectivity index is 1.31. The van der Waals surface area contributed by atoms with Crippen LogP contribution in [0.2, 0.25) is 0 Å². The van der Waals surface area contributed by atoms with Crippen LogP contribution >= 0.6 is 0 Å². The maximum absolute atomic E-state index is 14.0. The molecule has 4 rings (SSSR count). The second kappa shape index (κ2) is 8.35. The first-order valence-corrected chi connectivity index (χ1v) is 10.2. The molecular weight excluding hydrogens is 355 g/mol. The molecule has 1 aromatic heterocycles. The second-order valence-electron chi connectivity index (χ2n) is 7.97. The molecule has 6 heteroatoms. The molecule has 0 aliphatic carbocycles. The molecular formula is C22H29FN4O. The molecule has 2 saturated heterocycles. The highest BCUT2D eigenvalue weighted by Gasteiger charge is 2.30. The normalized spacial score (nSPS) is 21.1. The van der Waals surface area contributed by atoms with Crippen LogP contribution in [0.15, 0.2) is 42.7 Å². The Hall–Kier alpha value is -2.34. The van der Waals surface area contributed by atoms with Crippen molar-refractivity contribution in [2.24, 2.45) is 7.05 Å². The van der Waals surface area contributed by atoms with Crippen LogP contribution in [-0.4, -0.2) is 65.6 Å². The number of likely N-dealkylation sites (tertiary alicyclic amines) is 1. The number of carbonyl (C=O) groups is 1. The zero-order valence-electron chi connectivity index (χ0n) is 16.6. The minimum atomic E-state index is -0.147. The molecule has 28 heavy (non-hydrogen) atoms. The molecule has 2 aliphatic heterocycles. The predicted molar refractivity (Wildman–Crippen MR) is 109 cm³/mol. The van der Waals surface area contributed by atoms with Gasteiger partial charge >= 0.3 is 0 Å². The Labute approximate surface area is 166 Å². The van der Waals surface area contributed by atoms with E-state index >= 15 is 0 Å². The van der Waals surface area contributed by atoms with E-state index in [1.807, 2.05) is 47.1 Å². The number of aryl methyl sites for hydroxylation is 1. The van der Waals surface area contributed by atoms with Crippen LogP contribution in [0.4, 0.5) is 10.1 Å². The van der Waals surface area contributed by atoms with Gasteiger partial charge in [-0.3, -0.25) is 9.69 Å². The van der Waals surface area contributed by atoms with Gasteiger partial charge in [0.2, 0.25) is 5.91 Å². The maximum Gasteiger partial charge on any atom is 0.227 e. The maximum atomic E-state index is 14.0. The summed E-state index contributed by atoms with van der Waals surface area (Å²) in [6.07, 6.45) is 6.67. The number of amides is 1. The van der Waals surface area contributed by atoms with Gasteiger partial charge in [0, 0.05) is 64.8 Å². The van der Waals surface area contributed by atoms with Gasteiger partial charge in [-0.25, -0.2) is 4.39 Å². The molecule has 5 nitrogen and oxygen atoms in total. The fourth-order valence-corrected chi connectivity index (χ4v) is 4.47. The lowest BCUT2D eigenvalue weighted by molar-refractivity contribution is -0.132. The van der Waals surface area contributed by atoms with Gasteiger partial charge in [0.1, 0.15) is 5.82 Å². The zero-order valence-corrected chi connectivity index (χ0v) is 16.6. The van der Waals surface area contributed by atoms with E-state index in [4.69, 9.17) is 0 Å². The average molecular weight is 384 g/mol. The van der Waals surface area contributed by atoms with E-state index in [0.717, 1.165) is 57.7 Å². The van der Waals surface area contributed by atoms with Gasteiger partial charge in [0.25, 0.3) is 0 Å². The quantitative estimate of drug-likeness (QED) is 0.812. The third-order valence-electron chi connectivity index (χ3n) is 6.02. The lowest BCUT2D eigenvalue weighted by Crippen LogP contribution is -2.56. The van der Waals surface area contributed by atoms with E-state index in [-0.39, 0.29) is 11.7 Å². The van der Waals surface area contributed by atoms with Crippen LogP contribution in [-0.2, 0) is 18.3 Å². The topological polar surface area (TPSA) is 31.7 Å². The van der Waals surface area contributed by atoms with E-state index in [0.29, 0.717) is 18.2 Å². The Morgan fingerprint density at radius 3 is 2.61 bits per heavy atom. The van der Waals surface area contributed by atoms with E-state index in [9.17, 15) is 9.18 Å². The molecule has 2 fully saturated rings. The van der Waals surface area contributed by atoms with Crippen LogP contribution in [0.5, 0.6) is 0 Å². The van der Waals surface area contributed by atoms with Gasteiger partial charge in [-0.2, -0.15) is 0 Å². The lowest BCUT2D eigenvalue weighted by atomic mass is 10.0. The summed E-state index contributed by atoms with van der Waals surface area (Å²) in [7, 11) is 1.98. The Morgan fingerprint density at radius 2 is 1.89 bits per heavy atom. The fraction of sp³-hybridized carbons (Fsp3) is 0.500. The van der Waals surface area contributed by atoms with Gasteiger partial charge in [-0.1, -0.05) is 12.1 Å². The van der Waals surface area contributed by atoms with Crippen molar-refractivity contribution in [3.63, 3.8) is 0 Å². The van der Waals surface area contributed by atoms with Crippen molar-refractivity contribution in [3.05, 3.63) is 54.1 Å².